The summed E-state index contributed by atoms with van der Waals surface area (Å²) in [5.74, 6) is -0.156. The standard InChI is InChI=1S/C15H19F3N2O/c1-10-2-4-11(5-3-10)8-14(21)20-12-6-7-13(19-9-12)15(16,17)18/h2-5,12-13,19H,6-9H2,1H3,(H,20,21). The van der Waals surface area contributed by atoms with Gasteiger partial charge in [0, 0.05) is 12.6 Å². The minimum absolute atomic E-state index is 0.00101. The zero-order valence-electron chi connectivity index (χ0n) is 11.8. The molecular weight excluding hydrogens is 281 g/mol. The molecule has 2 atom stereocenters. The van der Waals surface area contributed by atoms with E-state index in [-0.39, 0.29) is 31.3 Å². The molecule has 1 heterocycles. The molecule has 1 aromatic rings. The fourth-order valence-corrected chi connectivity index (χ4v) is 2.43. The summed E-state index contributed by atoms with van der Waals surface area (Å²) in [6.07, 6.45) is -3.62. The smallest absolute Gasteiger partial charge is 0.352 e. The Morgan fingerprint density at radius 1 is 1.29 bits per heavy atom. The second kappa shape index (κ2) is 6.47. The molecule has 116 valence electrons. The van der Waals surface area contributed by atoms with Crippen molar-refractivity contribution in [1.82, 2.24) is 10.6 Å². The molecule has 0 aromatic heterocycles. The predicted molar refractivity (Wildman–Crippen MR) is 73.9 cm³/mol. The van der Waals surface area contributed by atoms with Crippen LogP contribution in [0.1, 0.15) is 24.0 Å². The van der Waals surface area contributed by atoms with Crippen LogP contribution in [0.2, 0.25) is 0 Å². The second-order valence-corrected chi connectivity index (χ2v) is 5.51. The molecule has 0 saturated carbocycles. The van der Waals surface area contributed by atoms with Crippen molar-refractivity contribution in [2.45, 2.75) is 44.4 Å². The Morgan fingerprint density at radius 2 is 1.95 bits per heavy atom. The summed E-state index contributed by atoms with van der Waals surface area (Å²) >= 11 is 0. The van der Waals surface area contributed by atoms with Crippen LogP contribution in [0.15, 0.2) is 24.3 Å². The highest BCUT2D eigenvalue weighted by Gasteiger charge is 2.41. The van der Waals surface area contributed by atoms with Gasteiger partial charge in [0.05, 0.1) is 6.42 Å². The number of hydrogen-bond acceptors (Lipinski definition) is 2. The lowest BCUT2D eigenvalue weighted by Crippen LogP contribution is -2.54. The Labute approximate surface area is 121 Å². The molecule has 21 heavy (non-hydrogen) atoms. The van der Waals surface area contributed by atoms with E-state index in [4.69, 9.17) is 0 Å². The van der Waals surface area contributed by atoms with Crippen LogP contribution < -0.4 is 10.6 Å². The Bertz CT molecular complexity index is 477. The molecule has 1 aliphatic rings. The van der Waals surface area contributed by atoms with Crippen LogP contribution in [0.4, 0.5) is 13.2 Å². The maximum absolute atomic E-state index is 12.5. The van der Waals surface area contributed by atoms with Gasteiger partial charge in [-0.15, -0.1) is 0 Å². The SMILES string of the molecule is Cc1ccc(CC(=O)NC2CCC(C(F)(F)F)NC2)cc1. The first-order chi connectivity index (χ1) is 9.84. The van der Waals surface area contributed by atoms with Gasteiger partial charge in [0.2, 0.25) is 5.91 Å². The number of alkyl halides is 3. The van der Waals surface area contributed by atoms with Crippen LogP contribution in [0.5, 0.6) is 0 Å². The molecule has 3 nitrogen and oxygen atoms in total. The summed E-state index contributed by atoms with van der Waals surface area (Å²) in [4.78, 5) is 11.9. The van der Waals surface area contributed by atoms with Crippen LogP contribution in [-0.2, 0) is 11.2 Å². The molecule has 0 spiro atoms. The first-order valence-electron chi connectivity index (χ1n) is 6.99. The van der Waals surface area contributed by atoms with Crippen molar-refractivity contribution in [1.29, 1.82) is 0 Å². The molecule has 2 N–H and O–H groups in total. The lowest BCUT2D eigenvalue weighted by molar-refractivity contribution is -0.161. The number of rotatable bonds is 3. The van der Waals surface area contributed by atoms with Gasteiger partial charge in [-0.25, -0.2) is 0 Å². The number of amides is 1. The Morgan fingerprint density at radius 3 is 2.48 bits per heavy atom. The number of piperidine rings is 1. The van der Waals surface area contributed by atoms with Gasteiger partial charge in [0.25, 0.3) is 0 Å². The number of halogens is 3. The summed E-state index contributed by atoms with van der Waals surface area (Å²) in [6.45, 7) is 2.12. The highest BCUT2D eigenvalue weighted by atomic mass is 19.4. The molecule has 1 amide bonds. The minimum Gasteiger partial charge on any atom is -0.352 e. The normalized spacial score (nSPS) is 22.9. The lowest BCUT2D eigenvalue weighted by atomic mass is 10.00. The van der Waals surface area contributed by atoms with Gasteiger partial charge in [-0.2, -0.15) is 13.2 Å². The summed E-state index contributed by atoms with van der Waals surface area (Å²) in [7, 11) is 0. The van der Waals surface area contributed by atoms with Crippen molar-refractivity contribution in [2.75, 3.05) is 6.54 Å². The van der Waals surface area contributed by atoms with E-state index in [1.165, 1.54) is 0 Å². The van der Waals surface area contributed by atoms with E-state index in [1.807, 2.05) is 31.2 Å². The fraction of sp³-hybridized carbons (Fsp3) is 0.533. The Hall–Kier alpha value is -1.56. The summed E-state index contributed by atoms with van der Waals surface area (Å²) in [5, 5.41) is 5.23. The Kier molecular flexibility index (Phi) is 4.88. The maximum Gasteiger partial charge on any atom is 0.403 e. The van der Waals surface area contributed by atoms with Gasteiger partial charge < -0.3 is 10.6 Å². The van der Waals surface area contributed by atoms with Gasteiger partial charge in [0.1, 0.15) is 6.04 Å². The first kappa shape index (κ1) is 15.8. The zero-order valence-corrected chi connectivity index (χ0v) is 11.8. The lowest BCUT2D eigenvalue weighted by Gasteiger charge is -2.31. The third-order valence-electron chi connectivity index (χ3n) is 3.66. The minimum atomic E-state index is -4.21. The predicted octanol–water partition coefficient (Wildman–Crippen LogP) is 2.34. The van der Waals surface area contributed by atoms with E-state index in [1.54, 1.807) is 0 Å². The van der Waals surface area contributed by atoms with Gasteiger partial charge in [-0.3, -0.25) is 4.79 Å². The maximum atomic E-state index is 12.5. The summed E-state index contributed by atoms with van der Waals surface area (Å²) in [6, 6.07) is 5.93. The number of carbonyl (C=O) groups excluding carboxylic acids is 1. The molecule has 0 bridgehead atoms. The highest BCUT2D eigenvalue weighted by Crippen LogP contribution is 2.26. The fourth-order valence-electron chi connectivity index (χ4n) is 2.43. The molecule has 6 heteroatoms. The van der Waals surface area contributed by atoms with Gasteiger partial charge in [-0.05, 0) is 25.3 Å². The van der Waals surface area contributed by atoms with E-state index >= 15 is 0 Å². The van der Waals surface area contributed by atoms with Crippen molar-refractivity contribution >= 4 is 5.91 Å². The molecule has 1 fully saturated rings. The molecule has 2 unspecified atom stereocenters. The molecule has 1 aliphatic heterocycles. The van der Waals surface area contributed by atoms with Crippen LogP contribution in [-0.4, -0.2) is 30.7 Å². The van der Waals surface area contributed by atoms with E-state index in [0.717, 1.165) is 11.1 Å². The number of benzene rings is 1. The van der Waals surface area contributed by atoms with Crippen LogP contribution in [0, 0.1) is 6.92 Å². The summed E-state index contributed by atoms with van der Waals surface area (Å²) < 4.78 is 37.5. The third kappa shape index (κ3) is 4.74. The van der Waals surface area contributed by atoms with Crippen molar-refractivity contribution < 1.29 is 18.0 Å². The van der Waals surface area contributed by atoms with Gasteiger partial charge in [0.15, 0.2) is 0 Å². The topological polar surface area (TPSA) is 41.1 Å². The molecule has 0 radical (unpaired) electrons. The summed E-state index contributed by atoms with van der Waals surface area (Å²) in [5.41, 5.74) is 2.02. The molecular formula is C15H19F3N2O. The zero-order chi connectivity index (χ0) is 15.5. The number of carbonyl (C=O) groups is 1. The van der Waals surface area contributed by atoms with E-state index < -0.39 is 12.2 Å². The average Bonchev–Trinajstić information content (AvgIpc) is 2.41. The Balaban J connectivity index is 1.78. The van der Waals surface area contributed by atoms with E-state index in [9.17, 15) is 18.0 Å². The average molecular weight is 300 g/mol. The van der Waals surface area contributed by atoms with Crippen molar-refractivity contribution in [3.63, 3.8) is 0 Å². The largest absolute Gasteiger partial charge is 0.403 e. The van der Waals surface area contributed by atoms with Crippen LogP contribution in [0.3, 0.4) is 0 Å². The number of nitrogens with one attached hydrogen (secondary N) is 2. The van der Waals surface area contributed by atoms with E-state index in [2.05, 4.69) is 10.6 Å². The van der Waals surface area contributed by atoms with Crippen LogP contribution >= 0.6 is 0 Å². The van der Waals surface area contributed by atoms with Gasteiger partial charge >= 0.3 is 6.18 Å². The molecule has 2 rings (SSSR count). The monoisotopic (exact) mass is 300 g/mol. The highest BCUT2D eigenvalue weighted by molar-refractivity contribution is 5.78. The third-order valence-corrected chi connectivity index (χ3v) is 3.66. The first-order valence-corrected chi connectivity index (χ1v) is 6.99. The molecule has 1 aromatic carbocycles. The van der Waals surface area contributed by atoms with Crippen molar-refractivity contribution in [2.24, 2.45) is 0 Å². The van der Waals surface area contributed by atoms with Gasteiger partial charge in [-0.1, -0.05) is 29.8 Å². The second-order valence-electron chi connectivity index (χ2n) is 5.51. The van der Waals surface area contributed by atoms with Crippen LogP contribution in [0.25, 0.3) is 0 Å². The number of aryl methyl sites for hydroxylation is 1. The van der Waals surface area contributed by atoms with E-state index in [0.29, 0.717) is 6.42 Å². The quantitative estimate of drug-likeness (QED) is 0.899. The van der Waals surface area contributed by atoms with Crippen molar-refractivity contribution in [3.8, 4) is 0 Å². The molecule has 1 saturated heterocycles. The molecule has 0 aliphatic carbocycles. The van der Waals surface area contributed by atoms with Crippen molar-refractivity contribution in [3.05, 3.63) is 35.4 Å². The number of hydrogen-bond donors (Lipinski definition) is 2.